The number of hydrogen-bond donors (Lipinski definition) is 1. The van der Waals surface area contributed by atoms with Gasteiger partial charge in [-0.3, -0.25) is 0 Å². The topological polar surface area (TPSA) is 35.2 Å². The van der Waals surface area contributed by atoms with E-state index in [-0.39, 0.29) is 5.56 Å². The fraction of sp³-hybridized carbons (Fsp3) is 0.600. The summed E-state index contributed by atoms with van der Waals surface area (Å²) in [6.45, 7) is 1.62. The molecule has 2 rings (SSSR count). The molecule has 1 aliphatic rings. The lowest BCUT2D eigenvalue weighted by Gasteiger charge is -2.41. The van der Waals surface area contributed by atoms with Crippen molar-refractivity contribution in [1.29, 1.82) is 0 Å². The molecule has 2 N–H and O–H groups in total. The average Bonchev–Trinajstić information content (AvgIpc) is 2.44. The number of aryl methyl sites for hydroxylation is 1. The third kappa shape index (κ3) is 2.51. The highest BCUT2D eigenvalue weighted by atomic mass is 19.1. The van der Waals surface area contributed by atoms with Crippen molar-refractivity contribution < 1.29 is 13.5 Å². The predicted molar refractivity (Wildman–Crippen MR) is 70.8 cm³/mol. The van der Waals surface area contributed by atoms with Crippen molar-refractivity contribution in [2.75, 3.05) is 7.11 Å². The SMILES string of the molecule is COC1(C(N)c2c(F)ccc(C)c2F)CCCCC1. The minimum atomic E-state index is -0.766. The zero-order valence-electron chi connectivity index (χ0n) is 11.5. The minimum Gasteiger partial charge on any atom is -0.376 e. The van der Waals surface area contributed by atoms with E-state index in [0.717, 1.165) is 32.1 Å². The molecule has 1 atom stereocenters. The number of ether oxygens (including phenoxy) is 1. The van der Waals surface area contributed by atoms with Crippen molar-refractivity contribution in [3.8, 4) is 0 Å². The van der Waals surface area contributed by atoms with Crippen LogP contribution < -0.4 is 5.73 Å². The second kappa shape index (κ2) is 5.55. The molecule has 0 radical (unpaired) electrons. The summed E-state index contributed by atoms with van der Waals surface area (Å²) in [5.74, 6) is -1.13. The quantitative estimate of drug-likeness (QED) is 0.909. The first-order valence-electron chi connectivity index (χ1n) is 6.77. The number of hydrogen-bond acceptors (Lipinski definition) is 2. The maximum absolute atomic E-state index is 14.2. The largest absolute Gasteiger partial charge is 0.376 e. The van der Waals surface area contributed by atoms with Crippen LogP contribution in [0.1, 0.15) is 49.3 Å². The first-order valence-corrected chi connectivity index (χ1v) is 6.77. The predicted octanol–water partition coefficient (Wildman–Crippen LogP) is 3.62. The van der Waals surface area contributed by atoms with Gasteiger partial charge in [0.1, 0.15) is 11.6 Å². The van der Waals surface area contributed by atoms with E-state index in [1.165, 1.54) is 12.1 Å². The van der Waals surface area contributed by atoms with E-state index in [1.54, 1.807) is 14.0 Å². The van der Waals surface area contributed by atoms with Gasteiger partial charge in [-0.2, -0.15) is 0 Å². The fourth-order valence-corrected chi connectivity index (χ4v) is 3.02. The Morgan fingerprint density at radius 1 is 1.21 bits per heavy atom. The van der Waals surface area contributed by atoms with Gasteiger partial charge < -0.3 is 10.5 Å². The van der Waals surface area contributed by atoms with Gasteiger partial charge >= 0.3 is 0 Å². The molecule has 106 valence electrons. The molecule has 1 saturated carbocycles. The summed E-state index contributed by atoms with van der Waals surface area (Å²) < 4.78 is 33.8. The molecule has 0 amide bonds. The van der Waals surface area contributed by atoms with Gasteiger partial charge in [-0.25, -0.2) is 8.78 Å². The van der Waals surface area contributed by atoms with E-state index in [0.29, 0.717) is 5.56 Å². The highest BCUT2D eigenvalue weighted by Gasteiger charge is 2.41. The van der Waals surface area contributed by atoms with Crippen molar-refractivity contribution in [1.82, 2.24) is 0 Å². The first-order chi connectivity index (χ1) is 9.02. The molecule has 0 saturated heterocycles. The normalized spacial score (nSPS) is 20.3. The van der Waals surface area contributed by atoms with Gasteiger partial charge in [-0.15, -0.1) is 0 Å². The Balaban J connectivity index is 2.42. The number of benzene rings is 1. The zero-order valence-corrected chi connectivity index (χ0v) is 11.5. The molecule has 0 heterocycles. The van der Waals surface area contributed by atoms with Crippen LogP contribution in [0.15, 0.2) is 12.1 Å². The fourth-order valence-electron chi connectivity index (χ4n) is 3.02. The van der Waals surface area contributed by atoms with E-state index < -0.39 is 23.3 Å². The van der Waals surface area contributed by atoms with E-state index in [1.807, 2.05) is 0 Å². The molecular weight excluding hydrogens is 248 g/mol. The summed E-state index contributed by atoms with van der Waals surface area (Å²) in [6, 6.07) is 1.94. The van der Waals surface area contributed by atoms with Crippen LogP contribution in [0.2, 0.25) is 0 Å². The standard InChI is InChI=1S/C15H21F2NO/c1-10-6-7-11(16)12(13(10)17)14(18)15(19-2)8-4-3-5-9-15/h6-7,14H,3-5,8-9,18H2,1-2H3. The number of halogens is 2. The Kier molecular flexibility index (Phi) is 4.21. The van der Waals surface area contributed by atoms with Crippen LogP contribution >= 0.6 is 0 Å². The second-order valence-corrected chi connectivity index (χ2v) is 5.40. The smallest absolute Gasteiger partial charge is 0.133 e. The Bertz CT molecular complexity index is 456. The molecule has 1 fully saturated rings. The summed E-state index contributed by atoms with van der Waals surface area (Å²) in [5, 5.41) is 0. The molecular formula is C15H21F2NO. The van der Waals surface area contributed by atoms with E-state index in [2.05, 4.69) is 0 Å². The van der Waals surface area contributed by atoms with Crippen LogP contribution in [0.4, 0.5) is 8.78 Å². The Hall–Kier alpha value is -1.00. The zero-order chi connectivity index (χ0) is 14.0. The Morgan fingerprint density at radius 2 is 1.84 bits per heavy atom. The summed E-state index contributed by atoms with van der Waals surface area (Å²) in [4.78, 5) is 0. The Morgan fingerprint density at radius 3 is 2.42 bits per heavy atom. The summed E-state index contributed by atoms with van der Waals surface area (Å²) in [6.07, 6.45) is 4.58. The molecule has 0 aromatic heterocycles. The van der Waals surface area contributed by atoms with E-state index >= 15 is 0 Å². The van der Waals surface area contributed by atoms with Gasteiger partial charge in [0, 0.05) is 12.7 Å². The summed E-state index contributed by atoms with van der Waals surface area (Å²) >= 11 is 0. The number of methoxy groups -OCH3 is 1. The molecule has 4 heteroatoms. The van der Waals surface area contributed by atoms with Crippen LogP contribution in [0.5, 0.6) is 0 Å². The Labute approximate surface area is 112 Å². The maximum atomic E-state index is 14.2. The van der Waals surface area contributed by atoms with Crippen LogP contribution in [0.3, 0.4) is 0 Å². The average molecular weight is 269 g/mol. The molecule has 1 aromatic carbocycles. The third-order valence-corrected chi connectivity index (χ3v) is 4.30. The van der Waals surface area contributed by atoms with Crippen molar-refractivity contribution in [2.24, 2.45) is 5.73 Å². The number of nitrogens with two attached hydrogens (primary N) is 1. The van der Waals surface area contributed by atoms with Crippen LogP contribution in [0, 0.1) is 18.6 Å². The van der Waals surface area contributed by atoms with Crippen molar-refractivity contribution in [2.45, 2.75) is 50.7 Å². The third-order valence-electron chi connectivity index (χ3n) is 4.30. The lowest BCUT2D eigenvalue weighted by Crippen LogP contribution is -2.45. The highest BCUT2D eigenvalue weighted by molar-refractivity contribution is 5.31. The summed E-state index contributed by atoms with van der Waals surface area (Å²) in [5.41, 5.74) is 5.91. The van der Waals surface area contributed by atoms with E-state index in [4.69, 9.17) is 10.5 Å². The van der Waals surface area contributed by atoms with Gasteiger partial charge in [0.25, 0.3) is 0 Å². The molecule has 1 aromatic rings. The molecule has 19 heavy (non-hydrogen) atoms. The monoisotopic (exact) mass is 269 g/mol. The van der Waals surface area contributed by atoms with Crippen molar-refractivity contribution in [3.63, 3.8) is 0 Å². The van der Waals surface area contributed by atoms with Crippen molar-refractivity contribution >= 4 is 0 Å². The van der Waals surface area contributed by atoms with Crippen molar-refractivity contribution in [3.05, 3.63) is 34.9 Å². The second-order valence-electron chi connectivity index (χ2n) is 5.40. The van der Waals surface area contributed by atoms with Gasteiger partial charge in [0.2, 0.25) is 0 Å². The van der Waals surface area contributed by atoms with Gasteiger partial charge in [0.15, 0.2) is 0 Å². The molecule has 1 unspecified atom stereocenters. The van der Waals surface area contributed by atoms with Gasteiger partial charge in [-0.05, 0) is 31.4 Å². The van der Waals surface area contributed by atoms with Gasteiger partial charge in [-0.1, -0.05) is 25.3 Å². The molecule has 0 bridgehead atoms. The van der Waals surface area contributed by atoms with Crippen LogP contribution in [-0.2, 0) is 4.74 Å². The minimum absolute atomic E-state index is 0.0382. The van der Waals surface area contributed by atoms with Gasteiger partial charge in [0.05, 0.1) is 11.6 Å². The molecule has 0 aliphatic heterocycles. The highest BCUT2D eigenvalue weighted by Crippen LogP contribution is 2.41. The number of rotatable bonds is 3. The lowest BCUT2D eigenvalue weighted by atomic mass is 9.76. The van der Waals surface area contributed by atoms with Crippen LogP contribution in [0.25, 0.3) is 0 Å². The van der Waals surface area contributed by atoms with Crippen LogP contribution in [-0.4, -0.2) is 12.7 Å². The molecule has 2 nitrogen and oxygen atoms in total. The molecule has 1 aliphatic carbocycles. The summed E-state index contributed by atoms with van der Waals surface area (Å²) in [7, 11) is 1.58. The molecule has 0 spiro atoms. The first kappa shape index (κ1) is 14.4. The van der Waals surface area contributed by atoms with E-state index in [9.17, 15) is 8.78 Å². The maximum Gasteiger partial charge on any atom is 0.133 e. The lowest BCUT2D eigenvalue weighted by molar-refractivity contribution is -0.0609.